The van der Waals surface area contributed by atoms with E-state index in [0.717, 1.165) is 0 Å². The minimum atomic E-state index is -0.645. The van der Waals surface area contributed by atoms with E-state index in [9.17, 15) is 18.8 Å². The molecule has 6 heteroatoms. The second-order valence-electron chi connectivity index (χ2n) is 4.69. The first-order chi connectivity index (χ1) is 10.0. The molecule has 1 atom stereocenters. The Labute approximate surface area is 121 Å². The van der Waals surface area contributed by atoms with Crippen LogP contribution < -0.4 is 5.32 Å². The van der Waals surface area contributed by atoms with Gasteiger partial charge in [0, 0.05) is 6.08 Å². The van der Waals surface area contributed by atoms with Gasteiger partial charge in [0.05, 0.1) is 0 Å². The van der Waals surface area contributed by atoms with Crippen LogP contribution in [0, 0.1) is 5.82 Å². The van der Waals surface area contributed by atoms with Crippen molar-refractivity contribution < 1.29 is 18.8 Å². The Balaban J connectivity index is 2.12. The van der Waals surface area contributed by atoms with Gasteiger partial charge in [0.1, 0.15) is 18.4 Å². The van der Waals surface area contributed by atoms with Crippen molar-refractivity contribution in [2.75, 3.05) is 6.54 Å². The highest BCUT2D eigenvalue weighted by Gasteiger charge is 2.34. The standard InChI is InChI=1S/C15H15FN2O3/c1-2-12-15(21)17-13(19)9-18(12)14(20)8-5-10-3-6-11(16)7-4-10/h3-8,12H,2,9H2,1H3,(H,17,19,21). The molecule has 0 aromatic heterocycles. The largest absolute Gasteiger partial charge is 0.318 e. The molecule has 0 radical (unpaired) electrons. The van der Waals surface area contributed by atoms with Gasteiger partial charge < -0.3 is 4.90 Å². The molecule has 1 aliphatic heterocycles. The number of halogens is 1. The van der Waals surface area contributed by atoms with Crippen LogP contribution in [0.2, 0.25) is 0 Å². The maximum absolute atomic E-state index is 12.8. The van der Waals surface area contributed by atoms with Gasteiger partial charge in [0.15, 0.2) is 0 Å². The maximum atomic E-state index is 12.8. The van der Waals surface area contributed by atoms with E-state index in [1.165, 1.54) is 41.3 Å². The number of piperazine rings is 1. The average molecular weight is 290 g/mol. The average Bonchev–Trinajstić information content (AvgIpc) is 2.45. The fraction of sp³-hybridized carbons (Fsp3) is 0.267. The van der Waals surface area contributed by atoms with Crippen LogP contribution in [0.3, 0.4) is 0 Å². The molecule has 5 nitrogen and oxygen atoms in total. The Morgan fingerprint density at radius 2 is 2.05 bits per heavy atom. The summed E-state index contributed by atoms with van der Waals surface area (Å²) in [4.78, 5) is 36.4. The summed E-state index contributed by atoms with van der Waals surface area (Å²) in [6.07, 6.45) is 3.22. The highest BCUT2D eigenvalue weighted by Crippen LogP contribution is 2.11. The van der Waals surface area contributed by atoms with Gasteiger partial charge in [0.25, 0.3) is 0 Å². The fourth-order valence-electron chi connectivity index (χ4n) is 2.14. The molecule has 1 saturated heterocycles. The third-order valence-electron chi connectivity index (χ3n) is 3.21. The molecule has 0 bridgehead atoms. The molecule has 1 fully saturated rings. The second-order valence-corrected chi connectivity index (χ2v) is 4.69. The lowest BCUT2D eigenvalue weighted by molar-refractivity contribution is -0.147. The minimum absolute atomic E-state index is 0.142. The molecule has 1 aromatic rings. The van der Waals surface area contributed by atoms with Crippen molar-refractivity contribution in [1.29, 1.82) is 0 Å². The van der Waals surface area contributed by atoms with Gasteiger partial charge in [-0.2, -0.15) is 0 Å². The molecule has 0 saturated carbocycles. The van der Waals surface area contributed by atoms with E-state index < -0.39 is 23.8 Å². The minimum Gasteiger partial charge on any atom is -0.318 e. The quantitative estimate of drug-likeness (QED) is 0.669. The topological polar surface area (TPSA) is 66.5 Å². The zero-order chi connectivity index (χ0) is 15.4. The molecule has 0 spiro atoms. The molecule has 0 aliphatic carbocycles. The molecule has 1 aromatic carbocycles. The Kier molecular flexibility index (Phi) is 4.47. The highest BCUT2D eigenvalue weighted by molar-refractivity contribution is 6.06. The van der Waals surface area contributed by atoms with Gasteiger partial charge in [-0.25, -0.2) is 4.39 Å². The lowest BCUT2D eigenvalue weighted by Gasteiger charge is -2.32. The third kappa shape index (κ3) is 3.53. The predicted octanol–water partition coefficient (Wildman–Crippen LogP) is 1.10. The van der Waals surface area contributed by atoms with Crippen LogP contribution >= 0.6 is 0 Å². The summed E-state index contributed by atoms with van der Waals surface area (Å²) in [5, 5.41) is 2.21. The van der Waals surface area contributed by atoms with E-state index >= 15 is 0 Å². The summed E-state index contributed by atoms with van der Waals surface area (Å²) in [6.45, 7) is 1.63. The van der Waals surface area contributed by atoms with Gasteiger partial charge in [-0.1, -0.05) is 19.1 Å². The van der Waals surface area contributed by atoms with E-state index in [1.807, 2.05) is 0 Å². The van der Waals surface area contributed by atoms with Crippen molar-refractivity contribution in [2.45, 2.75) is 19.4 Å². The van der Waals surface area contributed by atoms with Crippen LogP contribution in [-0.4, -0.2) is 35.2 Å². The van der Waals surface area contributed by atoms with Crippen LogP contribution in [0.25, 0.3) is 6.08 Å². The van der Waals surface area contributed by atoms with Crippen molar-refractivity contribution in [3.63, 3.8) is 0 Å². The molecule has 21 heavy (non-hydrogen) atoms. The zero-order valence-corrected chi connectivity index (χ0v) is 11.5. The second kappa shape index (κ2) is 6.30. The number of benzene rings is 1. The summed E-state index contributed by atoms with van der Waals surface area (Å²) in [5.74, 6) is -1.73. The summed E-state index contributed by atoms with van der Waals surface area (Å²) in [5.41, 5.74) is 0.658. The zero-order valence-electron chi connectivity index (χ0n) is 11.5. The van der Waals surface area contributed by atoms with Gasteiger partial charge in [-0.3, -0.25) is 19.7 Å². The van der Waals surface area contributed by atoms with Gasteiger partial charge in [-0.05, 0) is 30.2 Å². The Morgan fingerprint density at radius 3 is 2.67 bits per heavy atom. The van der Waals surface area contributed by atoms with E-state index in [4.69, 9.17) is 0 Å². The first-order valence-electron chi connectivity index (χ1n) is 6.59. The van der Waals surface area contributed by atoms with Crippen molar-refractivity contribution in [3.8, 4) is 0 Å². The summed E-state index contributed by atoms with van der Waals surface area (Å²) in [7, 11) is 0. The van der Waals surface area contributed by atoms with Crippen molar-refractivity contribution >= 4 is 23.8 Å². The lowest BCUT2D eigenvalue weighted by Crippen LogP contribution is -2.59. The molecule has 1 N–H and O–H groups in total. The SMILES string of the molecule is CCC1C(=O)NC(=O)CN1C(=O)C=Cc1ccc(F)cc1. The summed E-state index contributed by atoms with van der Waals surface area (Å²) >= 11 is 0. The Hall–Kier alpha value is -2.50. The lowest BCUT2D eigenvalue weighted by atomic mass is 10.1. The summed E-state index contributed by atoms with van der Waals surface area (Å²) < 4.78 is 12.8. The van der Waals surface area contributed by atoms with Gasteiger partial charge in [0.2, 0.25) is 17.7 Å². The van der Waals surface area contributed by atoms with Crippen LogP contribution in [0.1, 0.15) is 18.9 Å². The number of hydrogen-bond donors (Lipinski definition) is 1. The number of nitrogens with zero attached hydrogens (tertiary/aromatic N) is 1. The van der Waals surface area contributed by atoms with Crippen LogP contribution in [-0.2, 0) is 14.4 Å². The number of carbonyl (C=O) groups excluding carboxylic acids is 3. The molecular weight excluding hydrogens is 275 g/mol. The fourth-order valence-corrected chi connectivity index (χ4v) is 2.14. The van der Waals surface area contributed by atoms with Crippen LogP contribution in [0.5, 0.6) is 0 Å². The molecule has 110 valence electrons. The third-order valence-corrected chi connectivity index (χ3v) is 3.21. The van der Waals surface area contributed by atoms with E-state index in [1.54, 1.807) is 6.92 Å². The number of carbonyl (C=O) groups is 3. The first-order valence-corrected chi connectivity index (χ1v) is 6.59. The molecular formula is C15H15FN2O3. The first kappa shape index (κ1) is 14.9. The normalized spacial score (nSPS) is 19.0. The number of amides is 3. The molecule has 1 heterocycles. The van der Waals surface area contributed by atoms with Crippen LogP contribution in [0.4, 0.5) is 4.39 Å². The number of nitrogens with one attached hydrogen (secondary N) is 1. The van der Waals surface area contributed by atoms with E-state index in [0.29, 0.717) is 12.0 Å². The van der Waals surface area contributed by atoms with Crippen molar-refractivity contribution in [3.05, 3.63) is 41.7 Å². The summed E-state index contributed by atoms with van der Waals surface area (Å²) in [6, 6.07) is 5.00. The van der Waals surface area contributed by atoms with Crippen LogP contribution in [0.15, 0.2) is 30.3 Å². The van der Waals surface area contributed by atoms with E-state index in [-0.39, 0.29) is 12.4 Å². The van der Waals surface area contributed by atoms with Gasteiger partial charge in [-0.15, -0.1) is 0 Å². The monoisotopic (exact) mass is 290 g/mol. The van der Waals surface area contributed by atoms with Crippen molar-refractivity contribution in [1.82, 2.24) is 10.2 Å². The molecule has 2 rings (SSSR count). The number of hydrogen-bond acceptors (Lipinski definition) is 3. The smallest absolute Gasteiger partial charge is 0.249 e. The highest BCUT2D eigenvalue weighted by atomic mass is 19.1. The van der Waals surface area contributed by atoms with Gasteiger partial charge >= 0.3 is 0 Å². The Morgan fingerprint density at radius 1 is 1.38 bits per heavy atom. The van der Waals surface area contributed by atoms with Crippen molar-refractivity contribution in [2.24, 2.45) is 0 Å². The van der Waals surface area contributed by atoms with E-state index in [2.05, 4.69) is 5.32 Å². The number of rotatable bonds is 3. The molecule has 1 aliphatic rings. The molecule has 3 amide bonds. The number of imide groups is 1. The Bertz CT molecular complexity index is 595. The maximum Gasteiger partial charge on any atom is 0.249 e. The predicted molar refractivity (Wildman–Crippen MR) is 74.4 cm³/mol. The molecule has 1 unspecified atom stereocenters.